The van der Waals surface area contributed by atoms with Crippen LogP contribution in [-0.2, 0) is 9.53 Å². The second kappa shape index (κ2) is 10.2. The summed E-state index contributed by atoms with van der Waals surface area (Å²) in [5, 5.41) is 9.13. The lowest BCUT2D eigenvalue weighted by Gasteiger charge is -2.26. The molecule has 9 nitrogen and oxygen atoms in total. The zero-order chi connectivity index (χ0) is 26.0. The summed E-state index contributed by atoms with van der Waals surface area (Å²) in [6.45, 7) is 3.57. The molecule has 4 rings (SSSR count). The summed E-state index contributed by atoms with van der Waals surface area (Å²) < 4.78 is 18.1. The molecule has 0 saturated carbocycles. The van der Waals surface area contributed by atoms with E-state index >= 15 is 0 Å². The Kier molecular flexibility index (Phi) is 7.07. The molecular weight excluding hydrogens is 484 g/mol. The van der Waals surface area contributed by atoms with Crippen LogP contribution in [0.5, 0.6) is 11.5 Å². The fraction of sp³-hybridized carbons (Fsp3) is 0.231. The monoisotopic (exact) mass is 508 g/mol. The molecule has 0 saturated heterocycles. The first-order valence-corrected chi connectivity index (χ1v) is 11.9. The Morgan fingerprint density at radius 2 is 1.86 bits per heavy atom. The number of methoxy groups -OCH3 is 2. The molecule has 2 heterocycles. The maximum atomic E-state index is 13.7. The van der Waals surface area contributed by atoms with Crippen molar-refractivity contribution in [3.63, 3.8) is 0 Å². The number of carbonyl (C=O) groups is 2. The second-order valence-corrected chi connectivity index (χ2v) is 8.85. The topological polar surface area (TPSA) is 116 Å². The number of rotatable bonds is 7. The highest BCUT2D eigenvalue weighted by atomic mass is 32.1. The van der Waals surface area contributed by atoms with Crippen molar-refractivity contribution in [2.45, 2.75) is 19.9 Å². The first kappa shape index (κ1) is 24.9. The van der Waals surface area contributed by atoms with Gasteiger partial charge in [0.1, 0.15) is 17.5 Å². The van der Waals surface area contributed by atoms with Crippen molar-refractivity contribution in [3.05, 3.63) is 90.1 Å². The molecule has 0 bridgehead atoms. The van der Waals surface area contributed by atoms with Crippen LogP contribution in [0, 0.1) is 0 Å². The zero-order valence-electron chi connectivity index (χ0n) is 20.1. The van der Waals surface area contributed by atoms with Crippen LogP contribution < -0.4 is 24.4 Å². The molecule has 2 aromatic carbocycles. The third-order valence-corrected chi connectivity index (χ3v) is 6.69. The van der Waals surface area contributed by atoms with E-state index in [1.807, 2.05) is 0 Å². The lowest BCUT2D eigenvalue weighted by atomic mass is 9.94. The molecule has 0 radical (unpaired) electrons. The number of aromatic nitrogens is 1. The number of aromatic carboxylic acids is 1. The lowest BCUT2D eigenvalue weighted by Crippen LogP contribution is -2.40. The molecular formula is C26H24N2O7S. The van der Waals surface area contributed by atoms with Gasteiger partial charge in [-0.05, 0) is 55.8 Å². The summed E-state index contributed by atoms with van der Waals surface area (Å²) in [7, 11) is 3.04. The quantitative estimate of drug-likeness (QED) is 0.488. The molecule has 186 valence electrons. The van der Waals surface area contributed by atoms with Crippen LogP contribution in [0.1, 0.15) is 41.4 Å². The minimum absolute atomic E-state index is 0.147. The van der Waals surface area contributed by atoms with Gasteiger partial charge in [-0.15, -0.1) is 0 Å². The van der Waals surface area contributed by atoms with E-state index < -0.39 is 18.0 Å². The number of fused-ring (bicyclic) bond motifs is 1. The maximum absolute atomic E-state index is 13.7. The molecule has 1 N–H and O–H groups in total. The van der Waals surface area contributed by atoms with Crippen LogP contribution in [0.4, 0.5) is 0 Å². The molecule has 0 spiro atoms. The molecule has 0 aliphatic carbocycles. The number of carboxylic acid groups (broad SMARTS) is 1. The van der Waals surface area contributed by atoms with Gasteiger partial charge in [-0.1, -0.05) is 23.5 Å². The number of hydrogen-bond donors (Lipinski definition) is 1. The number of carboxylic acids is 1. The van der Waals surface area contributed by atoms with Crippen molar-refractivity contribution < 1.29 is 28.9 Å². The molecule has 0 unspecified atom stereocenters. The third kappa shape index (κ3) is 4.55. The second-order valence-electron chi connectivity index (χ2n) is 7.84. The Hall–Kier alpha value is -4.18. The minimum Gasteiger partial charge on any atom is -0.497 e. The van der Waals surface area contributed by atoms with E-state index in [0.717, 1.165) is 0 Å². The van der Waals surface area contributed by atoms with Gasteiger partial charge in [0.15, 0.2) is 4.80 Å². The van der Waals surface area contributed by atoms with E-state index in [-0.39, 0.29) is 23.3 Å². The molecule has 0 fully saturated rings. The highest BCUT2D eigenvalue weighted by molar-refractivity contribution is 7.07. The van der Waals surface area contributed by atoms with Gasteiger partial charge >= 0.3 is 11.9 Å². The van der Waals surface area contributed by atoms with Gasteiger partial charge < -0.3 is 19.3 Å². The van der Waals surface area contributed by atoms with Gasteiger partial charge in [0.05, 0.1) is 42.2 Å². The van der Waals surface area contributed by atoms with Gasteiger partial charge in [-0.25, -0.2) is 14.6 Å². The van der Waals surface area contributed by atoms with Gasteiger partial charge in [0.2, 0.25) is 0 Å². The molecule has 0 amide bonds. The van der Waals surface area contributed by atoms with Crippen molar-refractivity contribution in [1.29, 1.82) is 0 Å². The van der Waals surface area contributed by atoms with Crippen molar-refractivity contribution >= 4 is 29.4 Å². The first-order valence-electron chi connectivity index (χ1n) is 11.0. The average Bonchev–Trinajstić information content (AvgIpc) is 3.17. The molecule has 1 aromatic heterocycles. The first-order chi connectivity index (χ1) is 17.3. The Labute approximate surface area is 210 Å². The number of nitrogens with zero attached hydrogens (tertiary/aromatic N) is 2. The van der Waals surface area contributed by atoms with E-state index in [0.29, 0.717) is 37.7 Å². The van der Waals surface area contributed by atoms with Crippen molar-refractivity contribution in [1.82, 2.24) is 4.57 Å². The highest BCUT2D eigenvalue weighted by Crippen LogP contribution is 2.37. The Balaban J connectivity index is 1.97. The van der Waals surface area contributed by atoms with E-state index in [1.165, 1.54) is 42.3 Å². The fourth-order valence-corrected chi connectivity index (χ4v) is 5.06. The van der Waals surface area contributed by atoms with Crippen LogP contribution in [-0.4, -0.2) is 42.4 Å². The van der Waals surface area contributed by atoms with Crippen LogP contribution >= 0.6 is 11.3 Å². The summed E-state index contributed by atoms with van der Waals surface area (Å²) in [6.07, 6.45) is 1.67. The molecule has 3 aromatic rings. The Morgan fingerprint density at radius 3 is 2.47 bits per heavy atom. The van der Waals surface area contributed by atoms with Gasteiger partial charge in [-0.2, -0.15) is 0 Å². The van der Waals surface area contributed by atoms with E-state index in [9.17, 15) is 14.4 Å². The standard InChI is InChI=1S/C26H24N2O7S/c1-5-35-25(32)21-14(2)27-26-28(22(21)18-13-17(33-3)10-11-19(18)34-4)23(29)20(36-26)12-15-6-8-16(9-7-15)24(30)31/h6-13,22H,5H2,1-4H3,(H,30,31)/b20-12-/t22-/m0/s1. The Bertz CT molecular complexity index is 1550. The summed E-state index contributed by atoms with van der Waals surface area (Å²) in [4.78, 5) is 42.9. The number of allylic oxidation sites excluding steroid dienone is 1. The van der Waals surface area contributed by atoms with Crippen LogP contribution in [0.3, 0.4) is 0 Å². The normalized spacial score (nSPS) is 15.2. The summed E-state index contributed by atoms with van der Waals surface area (Å²) >= 11 is 1.17. The van der Waals surface area contributed by atoms with Crippen LogP contribution in [0.15, 0.2) is 63.5 Å². The molecule has 10 heteroatoms. The number of ether oxygens (including phenoxy) is 3. The number of hydrogen-bond acceptors (Lipinski definition) is 8. The number of carbonyl (C=O) groups excluding carboxylic acids is 1. The van der Waals surface area contributed by atoms with Crippen molar-refractivity contribution in [2.75, 3.05) is 20.8 Å². The number of esters is 1. The zero-order valence-corrected chi connectivity index (χ0v) is 20.9. The van der Waals surface area contributed by atoms with Gasteiger partial charge in [0, 0.05) is 5.56 Å². The van der Waals surface area contributed by atoms with E-state index in [1.54, 1.807) is 50.3 Å². The number of thiazole rings is 1. The fourth-order valence-electron chi connectivity index (χ4n) is 4.01. The summed E-state index contributed by atoms with van der Waals surface area (Å²) in [5.74, 6) is -0.609. The van der Waals surface area contributed by atoms with Crippen molar-refractivity contribution in [3.8, 4) is 11.5 Å². The van der Waals surface area contributed by atoms with E-state index in [4.69, 9.17) is 19.3 Å². The SMILES string of the molecule is CCOC(=O)C1=C(C)N=c2s/c(=C\c3ccc(C(=O)O)cc3)c(=O)n2[C@H]1c1cc(OC)ccc1OC. The molecule has 1 atom stereocenters. The van der Waals surface area contributed by atoms with Crippen molar-refractivity contribution in [2.24, 2.45) is 4.99 Å². The maximum Gasteiger partial charge on any atom is 0.338 e. The lowest BCUT2D eigenvalue weighted by molar-refractivity contribution is -0.139. The predicted molar refractivity (Wildman–Crippen MR) is 133 cm³/mol. The smallest absolute Gasteiger partial charge is 0.338 e. The Morgan fingerprint density at radius 1 is 1.14 bits per heavy atom. The third-order valence-electron chi connectivity index (χ3n) is 5.70. The number of benzene rings is 2. The molecule has 36 heavy (non-hydrogen) atoms. The highest BCUT2D eigenvalue weighted by Gasteiger charge is 2.35. The molecule has 1 aliphatic heterocycles. The van der Waals surface area contributed by atoms with Gasteiger partial charge in [0.25, 0.3) is 5.56 Å². The van der Waals surface area contributed by atoms with E-state index in [2.05, 4.69) is 4.99 Å². The van der Waals surface area contributed by atoms with Crippen LogP contribution in [0.25, 0.3) is 6.08 Å². The largest absolute Gasteiger partial charge is 0.497 e. The minimum atomic E-state index is -1.03. The van der Waals surface area contributed by atoms with Gasteiger partial charge in [-0.3, -0.25) is 9.36 Å². The predicted octanol–water partition coefficient (Wildman–Crippen LogP) is 2.51. The average molecular weight is 509 g/mol. The summed E-state index contributed by atoms with van der Waals surface area (Å²) in [6, 6.07) is 10.5. The van der Waals surface area contributed by atoms with Crippen LogP contribution in [0.2, 0.25) is 0 Å². The summed E-state index contributed by atoms with van der Waals surface area (Å²) in [5.41, 5.74) is 1.66. The molecule has 1 aliphatic rings.